The van der Waals surface area contributed by atoms with Gasteiger partial charge in [-0.3, -0.25) is 4.79 Å². The molecule has 0 bridgehead atoms. The number of methoxy groups -OCH3 is 1. The van der Waals surface area contributed by atoms with E-state index in [0.29, 0.717) is 13.0 Å². The number of thiophene rings is 1. The molecule has 1 unspecified atom stereocenters. The number of rotatable bonds is 6. The van der Waals surface area contributed by atoms with Gasteiger partial charge in [-0.2, -0.15) is 0 Å². The van der Waals surface area contributed by atoms with Crippen LogP contribution in [0, 0.1) is 3.77 Å². The van der Waals surface area contributed by atoms with Crippen LogP contribution in [0.25, 0.3) is 0 Å². The smallest absolute Gasteiger partial charge is 0.307 e. The van der Waals surface area contributed by atoms with Crippen LogP contribution in [-0.2, 0) is 16.1 Å². The second-order valence-corrected chi connectivity index (χ2v) is 5.98. The Morgan fingerprint density at radius 2 is 2.37 bits per heavy atom. The lowest BCUT2D eigenvalue weighted by atomic mass is 10.1. The number of esters is 1. The third kappa shape index (κ3) is 4.32. The Labute approximate surface area is 129 Å². The number of ether oxygens (including phenoxy) is 1. The molecule has 0 aliphatic carbocycles. The molecule has 0 fully saturated rings. The predicted molar refractivity (Wildman–Crippen MR) is 82.0 cm³/mol. The average molecular weight is 391 g/mol. The molecule has 0 amide bonds. The van der Waals surface area contributed by atoms with Crippen molar-refractivity contribution < 1.29 is 13.9 Å². The minimum atomic E-state index is -0.222. The van der Waals surface area contributed by atoms with Crippen LogP contribution >= 0.6 is 33.9 Å². The first-order valence-electron chi connectivity index (χ1n) is 5.77. The molecule has 2 aromatic rings. The summed E-state index contributed by atoms with van der Waals surface area (Å²) in [6.45, 7) is 0.586. The van der Waals surface area contributed by atoms with Gasteiger partial charge in [-0.15, -0.1) is 11.3 Å². The van der Waals surface area contributed by atoms with Gasteiger partial charge in [-0.05, 0) is 46.2 Å². The van der Waals surface area contributed by atoms with Gasteiger partial charge >= 0.3 is 5.97 Å². The average Bonchev–Trinajstić information content (AvgIpc) is 3.05. The predicted octanol–water partition coefficient (Wildman–Crippen LogP) is 3.34. The van der Waals surface area contributed by atoms with Crippen LogP contribution in [0.2, 0.25) is 0 Å². The summed E-state index contributed by atoms with van der Waals surface area (Å²) >= 11 is 3.75. The number of hydrogen-bond acceptors (Lipinski definition) is 5. The van der Waals surface area contributed by atoms with Crippen molar-refractivity contribution >= 4 is 39.9 Å². The summed E-state index contributed by atoms with van der Waals surface area (Å²) in [5.74, 6) is 0.635. The van der Waals surface area contributed by atoms with Crippen LogP contribution < -0.4 is 5.32 Å². The van der Waals surface area contributed by atoms with Crippen molar-refractivity contribution in [3.05, 3.63) is 44.0 Å². The van der Waals surface area contributed by atoms with E-state index in [4.69, 9.17) is 9.15 Å². The molecule has 6 heteroatoms. The van der Waals surface area contributed by atoms with Crippen molar-refractivity contribution in [1.29, 1.82) is 0 Å². The molecule has 0 aliphatic heterocycles. The van der Waals surface area contributed by atoms with Crippen LogP contribution in [-0.4, -0.2) is 13.1 Å². The van der Waals surface area contributed by atoms with E-state index in [2.05, 4.69) is 27.9 Å². The van der Waals surface area contributed by atoms with Gasteiger partial charge in [0.25, 0.3) is 0 Å². The molecule has 0 saturated heterocycles. The highest BCUT2D eigenvalue weighted by Crippen LogP contribution is 2.23. The van der Waals surface area contributed by atoms with Gasteiger partial charge in [0.05, 0.1) is 26.1 Å². The first-order valence-corrected chi connectivity index (χ1v) is 7.72. The number of hydrogen-bond donors (Lipinski definition) is 1. The zero-order valence-corrected chi connectivity index (χ0v) is 13.4. The minimum Gasteiger partial charge on any atom is -0.469 e. The van der Waals surface area contributed by atoms with E-state index in [9.17, 15) is 4.79 Å². The highest BCUT2D eigenvalue weighted by Gasteiger charge is 2.17. The maximum Gasteiger partial charge on any atom is 0.307 e. The summed E-state index contributed by atoms with van der Waals surface area (Å²) < 4.78 is 11.1. The Morgan fingerprint density at radius 3 is 2.95 bits per heavy atom. The molecule has 4 nitrogen and oxygen atoms in total. The van der Waals surface area contributed by atoms with Crippen LogP contribution in [0.15, 0.2) is 34.1 Å². The number of carbonyl (C=O) groups excluding carboxylic acids is 1. The SMILES string of the molecule is COC(=O)CC(NCc1ccc(I)o1)c1cccs1. The Hall–Kier alpha value is -0.860. The lowest BCUT2D eigenvalue weighted by molar-refractivity contribution is -0.141. The van der Waals surface area contributed by atoms with Gasteiger partial charge < -0.3 is 14.5 Å². The number of carbonyl (C=O) groups is 1. The standard InChI is InChI=1S/C13H14INO3S/c1-17-13(16)7-10(11-3-2-6-19-11)15-8-9-4-5-12(14)18-9/h2-6,10,15H,7-8H2,1H3. The Morgan fingerprint density at radius 1 is 1.53 bits per heavy atom. The molecule has 1 atom stereocenters. The quantitative estimate of drug-likeness (QED) is 0.606. The topological polar surface area (TPSA) is 51.5 Å². The number of nitrogens with one attached hydrogen (secondary N) is 1. The first kappa shape index (κ1) is 14.5. The fourth-order valence-electron chi connectivity index (χ4n) is 1.68. The molecular weight excluding hydrogens is 377 g/mol. The van der Waals surface area contributed by atoms with E-state index in [0.717, 1.165) is 14.4 Å². The number of halogens is 1. The molecule has 2 rings (SSSR count). The van der Waals surface area contributed by atoms with Crippen molar-refractivity contribution in [1.82, 2.24) is 5.32 Å². The zero-order valence-electron chi connectivity index (χ0n) is 10.4. The van der Waals surface area contributed by atoms with Gasteiger partial charge in [-0.25, -0.2) is 0 Å². The summed E-state index contributed by atoms with van der Waals surface area (Å²) in [5.41, 5.74) is 0. The largest absolute Gasteiger partial charge is 0.469 e. The molecule has 0 aromatic carbocycles. The van der Waals surface area contributed by atoms with Crippen LogP contribution in [0.5, 0.6) is 0 Å². The second kappa shape index (κ2) is 7.06. The van der Waals surface area contributed by atoms with Gasteiger partial charge in [0, 0.05) is 4.88 Å². The Balaban J connectivity index is 1.99. The minimum absolute atomic E-state index is 0.0461. The summed E-state index contributed by atoms with van der Waals surface area (Å²) in [6, 6.07) is 7.78. The zero-order chi connectivity index (χ0) is 13.7. The third-order valence-corrected chi connectivity index (χ3v) is 4.20. The molecule has 0 saturated carbocycles. The van der Waals surface area contributed by atoms with Crippen molar-refractivity contribution in [3.8, 4) is 0 Å². The van der Waals surface area contributed by atoms with E-state index in [1.165, 1.54) is 7.11 Å². The second-order valence-electron chi connectivity index (χ2n) is 3.93. The summed E-state index contributed by atoms with van der Waals surface area (Å²) in [4.78, 5) is 12.6. The Kier molecular flexibility index (Phi) is 5.41. The van der Waals surface area contributed by atoms with E-state index in [1.807, 2.05) is 29.6 Å². The van der Waals surface area contributed by atoms with Gasteiger partial charge in [-0.1, -0.05) is 6.07 Å². The molecule has 2 aromatic heterocycles. The highest BCUT2D eigenvalue weighted by atomic mass is 127. The van der Waals surface area contributed by atoms with Gasteiger partial charge in [0.2, 0.25) is 0 Å². The number of furan rings is 1. The van der Waals surface area contributed by atoms with Crippen LogP contribution in [0.3, 0.4) is 0 Å². The van der Waals surface area contributed by atoms with E-state index >= 15 is 0 Å². The lowest BCUT2D eigenvalue weighted by Gasteiger charge is -2.15. The normalized spacial score (nSPS) is 12.3. The molecule has 0 radical (unpaired) electrons. The van der Waals surface area contributed by atoms with Crippen molar-refractivity contribution in [2.75, 3.05) is 7.11 Å². The summed E-state index contributed by atoms with van der Waals surface area (Å²) in [7, 11) is 1.41. The maximum absolute atomic E-state index is 11.5. The van der Waals surface area contributed by atoms with E-state index < -0.39 is 0 Å². The molecule has 19 heavy (non-hydrogen) atoms. The highest BCUT2D eigenvalue weighted by molar-refractivity contribution is 14.1. The summed E-state index contributed by atoms with van der Waals surface area (Å²) in [6.07, 6.45) is 0.314. The molecule has 0 spiro atoms. The lowest BCUT2D eigenvalue weighted by Crippen LogP contribution is -2.23. The van der Waals surface area contributed by atoms with E-state index in [-0.39, 0.29) is 12.0 Å². The van der Waals surface area contributed by atoms with Crippen molar-refractivity contribution in [3.63, 3.8) is 0 Å². The van der Waals surface area contributed by atoms with Crippen molar-refractivity contribution in [2.24, 2.45) is 0 Å². The maximum atomic E-state index is 11.5. The fraction of sp³-hybridized carbons (Fsp3) is 0.308. The molecule has 102 valence electrons. The summed E-state index contributed by atoms with van der Waals surface area (Å²) in [5, 5.41) is 5.33. The van der Waals surface area contributed by atoms with Crippen molar-refractivity contribution in [2.45, 2.75) is 19.0 Å². The molecule has 2 heterocycles. The van der Waals surface area contributed by atoms with Crippen LogP contribution in [0.1, 0.15) is 23.1 Å². The van der Waals surface area contributed by atoms with Gasteiger partial charge in [0.1, 0.15) is 5.76 Å². The third-order valence-electron chi connectivity index (χ3n) is 2.64. The molecular formula is C13H14INO3S. The monoisotopic (exact) mass is 391 g/mol. The first-order chi connectivity index (χ1) is 9.19. The molecule has 1 N–H and O–H groups in total. The van der Waals surface area contributed by atoms with E-state index in [1.54, 1.807) is 11.3 Å². The molecule has 0 aliphatic rings. The van der Waals surface area contributed by atoms with Crippen LogP contribution in [0.4, 0.5) is 0 Å². The van der Waals surface area contributed by atoms with Gasteiger partial charge in [0.15, 0.2) is 3.77 Å². The fourth-order valence-corrected chi connectivity index (χ4v) is 2.95. The Bertz CT molecular complexity index is 524.